The van der Waals surface area contributed by atoms with Crippen LogP contribution in [0.4, 0.5) is 14.5 Å². The van der Waals surface area contributed by atoms with Crippen LogP contribution in [-0.4, -0.2) is 75.5 Å². The number of carbonyl (C=O) groups excluding carboxylic acids is 2. The van der Waals surface area contributed by atoms with Crippen LogP contribution in [-0.2, 0) is 20.9 Å². The van der Waals surface area contributed by atoms with Gasteiger partial charge in [-0.2, -0.15) is 0 Å². The second-order valence-corrected chi connectivity index (χ2v) is 11.0. The highest BCUT2D eigenvalue weighted by molar-refractivity contribution is 5.96. The van der Waals surface area contributed by atoms with Gasteiger partial charge in [-0.3, -0.25) is 9.59 Å². The fourth-order valence-corrected chi connectivity index (χ4v) is 5.71. The molecule has 2 aliphatic heterocycles. The van der Waals surface area contributed by atoms with Crippen molar-refractivity contribution < 1.29 is 38.2 Å². The fourth-order valence-electron chi connectivity index (χ4n) is 5.71. The van der Waals surface area contributed by atoms with E-state index in [2.05, 4.69) is 9.80 Å². The third-order valence-corrected chi connectivity index (χ3v) is 7.94. The second-order valence-electron chi connectivity index (χ2n) is 11.0. The van der Waals surface area contributed by atoms with Gasteiger partial charge in [-0.25, -0.2) is 18.4 Å². The highest BCUT2D eigenvalue weighted by atomic mass is 19.1. The van der Waals surface area contributed by atoms with E-state index >= 15 is 0 Å². The molecule has 3 aromatic carbocycles. The van der Waals surface area contributed by atoms with Gasteiger partial charge >= 0.3 is 11.9 Å². The summed E-state index contributed by atoms with van der Waals surface area (Å²) < 4.78 is 26.9. The van der Waals surface area contributed by atoms with E-state index in [0.717, 1.165) is 30.9 Å². The summed E-state index contributed by atoms with van der Waals surface area (Å²) in [5.41, 5.74) is 1.69. The maximum Gasteiger partial charge on any atom is 0.328 e. The third-order valence-electron chi connectivity index (χ3n) is 7.94. The number of benzene rings is 3. The molecule has 0 radical (unpaired) electrons. The smallest absolute Gasteiger partial charge is 0.328 e. The van der Waals surface area contributed by atoms with Gasteiger partial charge in [-0.1, -0.05) is 30.3 Å². The Morgan fingerprint density at radius 1 is 0.822 bits per heavy atom. The molecule has 2 saturated heterocycles. The van der Waals surface area contributed by atoms with Crippen molar-refractivity contribution in [2.45, 2.75) is 37.8 Å². The average molecular weight is 620 g/mol. The van der Waals surface area contributed by atoms with Gasteiger partial charge in [-0.05, 0) is 79.9 Å². The molecule has 5 rings (SSSR count). The summed E-state index contributed by atoms with van der Waals surface area (Å²) in [5.74, 6) is -3.06. The highest BCUT2D eigenvalue weighted by Gasteiger charge is 2.53. The topological polar surface area (TPSA) is 118 Å². The minimum absolute atomic E-state index is 0.0164. The number of hydrogen-bond donors (Lipinski definition) is 2. The molecule has 0 bridgehead atoms. The van der Waals surface area contributed by atoms with E-state index in [4.69, 9.17) is 10.2 Å². The zero-order valence-corrected chi connectivity index (χ0v) is 24.6. The number of anilines is 1. The highest BCUT2D eigenvalue weighted by Crippen LogP contribution is 2.40. The van der Waals surface area contributed by atoms with E-state index in [9.17, 15) is 28.0 Å². The van der Waals surface area contributed by atoms with E-state index in [1.54, 1.807) is 6.07 Å². The van der Waals surface area contributed by atoms with Gasteiger partial charge in [0, 0.05) is 49.5 Å². The zero-order chi connectivity index (χ0) is 32.4. The quantitative estimate of drug-likeness (QED) is 0.241. The van der Waals surface area contributed by atoms with Gasteiger partial charge in [0.15, 0.2) is 5.78 Å². The zero-order valence-electron chi connectivity index (χ0n) is 24.6. The lowest BCUT2D eigenvalue weighted by Crippen LogP contribution is -2.56. The Morgan fingerprint density at radius 2 is 1.47 bits per heavy atom. The number of amides is 1. The minimum atomic E-state index is -1.26. The predicted molar refractivity (Wildman–Crippen MR) is 164 cm³/mol. The Kier molecular flexibility index (Phi) is 11.2. The Labute approximate surface area is 260 Å². The molecule has 11 heteroatoms. The van der Waals surface area contributed by atoms with E-state index in [-0.39, 0.29) is 23.3 Å². The van der Waals surface area contributed by atoms with Crippen LogP contribution >= 0.6 is 0 Å². The van der Waals surface area contributed by atoms with Gasteiger partial charge in [0.25, 0.3) is 0 Å². The number of Topliss-reactive ketones (excluding diaryl/α,β-unsaturated/α-hetero) is 1. The van der Waals surface area contributed by atoms with Crippen molar-refractivity contribution in [1.29, 1.82) is 0 Å². The number of para-hydroxylation sites is 1. The molecule has 9 nitrogen and oxygen atoms in total. The molecule has 0 aliphatic carbocycles. The molecule has 45 heavy (non-hydrogen) atoms. The largest absolute Gasteiger partial charge is 0.478 e. The van der Waals surface area contributed by atoms with Crippen molar-refractivity contribution in [3.05, 3.63) is 114 Å². The van der Waals surface area contributed by atoms with Crippen LogP contribution < -0.4 is 4.90 Å². The number of halogens is 2. The van der Waals surface area contributed by atoms with E-state index < -0.39 is 17.5 Å². The van der Waals surface area contributed by atoms with Crippen molar-refractivity contribution in [2.75, 3.05) is 31.2 Å². The van der Waals surface area contributed by atoms with Crippen molar-refractivity contribution in [2.24, 2.45) is 0 Å². The van der Waals surface area contributed by atoms with Crippen molar-refractivity contribution in [1.82, 2.24) is 9.80 Å². The number of aliphatic carboxylic acids is 2. The van der Waals surface area contributed by atoms with Gasteiger partial charge < -0.3 is 24.9 Å². The van der Waals surface area contributed by atoms with E-state index in [0.29, 0.717) is 56.6 Å². The Bertz CT molecular complexity index is 1510. The molecule has 2 heterocycles. The maximum absolute atomic E-state index is 13.8. The fraction of sp³-hybridized carbons (Fsp3) is 0.294. The van der Waals surface area contributed by atoms with Gasteiger partial charge in [0.05, 0.1) is 6.67 Å². The first-order valence-electron chi connectivity index (χ1n) is 14.6. The van der Waals surface area contributed by atoms with Crippen molar-refractivity contribution in [3.8, 4) is 0 Å². The molecular formula is C34H35F2N3O6. The summed E-state index contributed by atoms with van der Waals surface area (Å²) in [6.07, 6.45) is 3.61. The Hall–Kier alpha value is -4.90. The predicted octanol–water partition coefficient (Wildman–Crippen LogP) is 4.98. The van der Waals surface area contributed by atoms with Crippen LogP contribution in [0, 0.1) is 11.6 Å². The maximum atomic E-state index is 13.8. The van der Waals surface area contributed by atoms with Gasteiger partial charge in [0.1, 0.15) is 17.2 Å². The van der Waals surface area contributed by atoms with Crippen LogP contribution in [0.5, 0.6) is 0 Å². The number of rotatable bonds is 10. The number of piperidine rings is 1. The lowest BCUT2D eigenvalue weighted by Gasteiger charge is -2.43. The first kappa shape index (κ1) is 33.0. The number of carboxylic acids is 2. The number of likely N-dealkylation sites (tertiary alicyclic amines) is 1. The molecular weight excluding hydrogens is 584 g/mol. The number of carboxylic acid groups (broad SMARTS) is 2. The van der Waals surface area contributed by atoms with Gasteiger partial charge in [0.2, 0.25) is 5.91 Å². The second kappa shape index (κ2) is 15.2. The molecule has 236 valence electrons. The van der Waals surface area contributed by atoms with E-state index in [1.165, 1.54) is 36.4 Å². The Balaban J connectivity index is 0.000000510. The number of carbonyl (C=O) groups is 4. The summed E-state index contributed by atoms with van der Waals surface area (Å²) >= 11 is 0. The molecule has 0 saturated carbocycles. The molecule has 2 fully saturated rings. The molecule has 0 atom stereocenters. The normalized spacial score (nSPS) is 16.1. The minimum Gasteiger partial charge on any atom is -0.478 e. The summed E-state index contributed by atoms with van der Waals surface area (Å²) in [5, 5.41) is 15.6. The summed E-state index contributed by atoms with van der Waals surface area (Å²) in [4.78, 5) is 51.7. The lowest BCUT2D eigenvalue weighted by atomic mass is 9.85. The summed E-state index contributed by atoms with van der Waals surface area (Å²) in [7, 11) is 0. The SMILES string of the molecule is O=C(CCCN1CCC2(CC1)C(=O)N(Cc1cccc(F)c1)CN2c1ccccc1)c1ccc(F)cc1.O=C(O)/C=C\C(=O)O. The molecule has 3 aromatic rings. The molecule has 2 N–H and O–H groups in total. The molecule has 1 spiro atoms. The van der Waals surface area contributed by atoms with Crippen molar-refractivity contribution in [3.63, 3.8) is 0 Å². The van der Waals surface area contributed by atoms with Crippen LogP contribution in [0.1, 0.15) is 41.6 Å². The Morgan fingerprint density at radius 3 is 2.07 bits per heavy atom. The van der Waals surface area contributed by atoms with E-state index in [1.807, 2.05) is 41.3 Å². The standard InChI is InChI=1S/C30H31F2N3O2.C4H4O4/c31-25-13-11-24(12-14-25)28(36)10-5-17-33-18-15-30(16-19-33)29(37)34(21-23-6-4-7-26(32)20-23)22-35(30)27-8-2-1-3-9-27;5-3(6)1-2-4(7)8/h1-4,6-9,11-14,20H,5,10,15-19,21-22H2;1-2H,(H,5,6)(H,7,8)/b;2-1-. The van der Waals surface area contributed by atoms with Crippen LogP contribution in [0.15, 0.2) is 91.0 Å². The number of ketones is 1. The molecule has 0 aromatic heterocycles. The number of hydrogen-bond acceptors (Lipinski definition) is 6. The molecule has 0 unspecified atom stereocenters. The van der Waals surface area contributed by atoms with Crippen LogP contribution in [0.3, 0.4) is 0 Å². The first-order valence-corrected chi connectivity index (χ1v) is 14.6. The summed E-state index contributed by atoms with van der Waals surface area (Å²) in [6.45, 7) is 3.12. The lowest BCUT2D eigenvalue weighted by molar-refractivity contribution is -0.134. The van der Waals surface area contributed by atoms with Crippen LogP contribution in [0.25, 0.3) is 0 Å². The monoisotopic (exact) mass is 619 g/mol. The molecule has 2 aliphatic rings. The number of nitrogens with zero attached hydrogens (tertiary/aromatic N) is 3. The average Bonchev–Trinajstić information content (AvgIpc) is 3.28. The first-order chi connectivity index (χ1) is 21.6. The molecule has 1 amide bonds. The van der Waals surface area contributed by atoms with Gasteiger partial charge in [-0.15, -0.1) is 0 Å². The third kappa shape index (κ3) is 8.82. The van der Waals surface area contributed by atoms with Crippen LogP contribution in [0.2, 0.25) is 0 Å². The van der Waals surface area contributed by atoms with Crippen molar-refractivity contribution >= 4 is 29.3 Å². The summed E-state index contributed by atoms with van der Waals surface area (Å²) in [6, 6.07) is 22.1.